The molecule has 0 aromatic carbocycles. The summed E-state index contributed by atoms with van der Waals surface area (Å²) in [6.45, 7) is 10.4. The van der Waals surface area contributed by atoms with E-state index < -0.39 is 0 Å². The van der Waals surface area contributed by atoms with Gasteiger partial charge >= 0.3 is 0 Å². The summed E-state index contributed by atoms with van der Waals surface area (Å²) in [5, 5.41) is 13.2. The molecular formula is C14H21N5. The number of fused-ring (bicyclic) bond motifs is 1. The zero-order valence-corrected chi connectivity index (χ0v) is 12.1. The molecule has 0 amide bonds. The van der Waals surface area contributed by atoms with Crippen molar-refractivity contribution in [1.29, 1.82) is 0 Å². The van der Waals surface area contributed by atoms with Crippen LogP contribution in [0.15, 0.2) is 6.07 Å². The minimum Gasteiger partial charge on any atom is -0.313 e. The molecule has 0 radical (unpaired) electrons. The molecule has 0 fully saturated rings. The van der Waals surface area contributed by atoms with Crippen LogP contribution < -0.4 is 0 Å². The van der Waals surface area contributed by atoms with Crippen LogP contribution in [0.2, 0.25) is 0 Å². The summed E-state index contributed by atoms with van der Waals surface area (Å²) in [4.78, 5) is 0. The predicted octanol–water partition coefficient (Wildman–Crippen LogP) is 2.11. The Morgan fingerprint density at radius 1 is 1.26 bits per heavy atom. The summed E-state index contributed by atoms with van der Waals surface area (Å²) in [5.41, 5.74) is 2.56. The fourth-order valence-corrected chi connectivity index (χ4v) is 2.78. The maximum atomic E-state index is 4.51. The third-order valence-corrected chi connectivity index (χ3v) is 3.91. The van der Waals surface area contributed by atoms with Crippen LogP contribution in [0, 0.1) is 19.3 Å². The standard InChI is InChI=1S/C14H21N5/c1-10-7-11(2)19(17-10)8-13-16-15-12-5-6-14(3,4)9-18(12)13/h7H,5-6,8-9H2,1-4H3. The van der Waals surface area contributed by atoms with E-state index in [9.17, 15) is 0 Å². The fourth-order valence-electron chi connectivity index (χ4n) is 2.78. The van der Waals surface area contributed by atoms with Crippen LogP contribution in [-0.4, -0.2) is 24.5 Å². The van der Waals surface area contributed by atoms with Gasteiger partial charge in [-0.25, -0.2) is 0 Å². The molecular weight excluding hydrogens is 238 g/mol. The molecule has 0 unspecified atom stereocenters. The molecule has 0 atom stereocenters. The largest absolute Gasteiger partial charge is 0.313 e. The monoisotopic (exact) mass is 259 g/mol. The first-order valence-corrected chi connectivity index (χ1v) is 6.87. The Labute approximate surface area is 113 Å². The maximum absolute atomic E-state index is 4.51. The molecule has 0 N–H and O–H groups in total. The fraction of sp³-hybridized carbons (Fsp3) is 0.643. The van der Waals surface area contributed by atoms with Crippen molar-refractivity contribution in [3.05, 3.63) is 29.1 Å². The molecule has 3 rings (SSSR count). The van der Waals surface area contributed by atoms with Crippen molar-refractivity contribution in [3.8, 4) is 0 Å². The van der Waals surface area contributed by atoms with Gasteiger partial charge in [0.1, 0.15) is 12.4 Å². The first kappa shape index (κ1) is 12.4. The van der Waals surface area contributed by atoms with Crippen LogP contribution in [0.4, 0.5) is 0 Å². The van der Waals surface area contributed by atoms with Gasteiger partial charge in [0, 0.05) is 18.7 Å². The Hall–Kier alpha value is -1.65. The van der Waals surface area contributed by atoms with Crippen LogP contribution in [-0.2, 0) is 19.5 Å². The van der Waals surface area contributed by atoms with E-state index in [1.807, 2.05) is 11.6 Å². The number of rotatable bonds is 2. The Balaban J connectivity index is 1.91. The third-order valence-electron chi connectivity index (χ3n) is 3.91. The summed E-state index contributed by atoms with van der Waals surface area (Å²) >= 11 is 0. The molecule has 2 aromatic rings. The second-order valence-corrected chi connectivity index (χ2v) is 6.37. The van der Waals surface area contributed by atoms with Crippen molar-refractivity contribution in [2.24, 2.45) is 5.41 Å². The molecule has 5 heteroatoms. The third kappa shape index (κ3) is 2.29. The van der Waals surface area contributed by atoms with Crippen molar-refractivity contribution in [2.75, 3.05) is 0 Å². The Morgan fingerprint density at radius 2 is 2.05 bits per heavy atom. The highest BCUT2D eigenvalue weighted by Crippen LogP contribution is 2.30. The Morgan fingerprint density at radius 3 is 2.74 bits per heavy atom. The van der Waals surface area contributed by atoms with Gasteiger partial charge < -0.3 is 4.57 Å². The van der Waals surface area contributed by atoms with Crippen LogP contribution in [0.25, 0.3) is 0 Å². The lowest BCUT2D eigenvalue weighted by atomic mass is 9.85. The van der Waals surface area contributed by atoms with Gasteiger partial charge in [-0.2, -0.15) is 5.10 Å². The first-order valence-electron chi connectivity index (χ1n) is 6.87. The average molecular weight is 259 g/mol. The van der Waals surface area contributed by atoms with E-state index in [-0.39, 0.29) is 0 Å². The second kappa shape index (κ2) is 4.18. The SMILES string of the molecule is Cc1cc(C)n(Cc2nnc3n2CC(C)(C)CC3)n1. The van der Waals surface area contributed by atoms with E-state index in [0.717, 1.165) is 30.3 Å². The highest BCUT2D eigenvalue weighted by molar-refractivity contribution is 5.09. The van der Waals surface area contributed by atoms with Crippen molar-refractivity contribution in [1.82, 2.24) is 24.5 Å². The maximum Gasteiger partial charge on any atom is 0.154 e. The average Bonchev–Trinajstić information content (AvgIpc) is 2.83. The van der Waals surface area contributed by atoms with Gasteiger partial charge in [0.2, 0.25) is 0 Å². The molecule has 1 aliphatic heterocycles. The van der Waals surface area contributed by atoms with Gasteiger partial charge in [-0.05, 0) is 31.7 Å². The highest BCUT2D eigenvalue weighted by atomic mass is 15.3. The first-order chi connectivity index (χ1) is 8.94. The van der Waals surface area contributed by atoms with Gasteiger partial charge in [-0.3, -0.25) is 4.68 Å². The molecule has 3 heterocycles. The minimum atomic E-state index is 0.333. The van der Waals surface area contributed by atoms with Crippen LogP contribution in [0.1, 0.15) is 43.3 Å². The van der Waals surface area contributed by atoms with E-state index in [4.69, 9.17) is 0 Å². The minimum absolute atomic E-state index is 0.333. The number of hydrogen-bond donors (Lipinski definition) is 0. The molecule has 0 bridgehead atoms. The van der Waals surface area contributed by atoms with E-state index in [1.165, 1.54) is 12.1 Å². The summed E-state index contributed by atoms with van der Waals surface area (Å²) < 4.78 is 4.29. The zero-order valence-electron chi connectivity index (χ0n) is 12.1. The number of aryl methyl sites for hydroxylation is 3. The quantitative estimate of drug-likeness (QED) is 0.830. The molecule has 0 saturated carbocycles. The Bertz CT molecular complexity index is 605. The van der Waals surface area contributed by atoms with E-state index in [2.05, 4.69) is 46.7 Å². The van der Waals surface area contributed by atoms with Gasteiger partial charge in [0.15, 0.2) is 5.82 Å². The van der Waals surface area contributed by atoms with Crippen molar-refractivity contribution in [3.63, 3.8) is 0 Å². The summed E-state index contributed by atoms with van der Waals surface area (Å²) in [6, 6.07) is 2.09. The molecule has 0 spiro atoms. The lowest BCUT2D eigenvalue weighted by molar-refractivity contribution is 0.242. The molecule has 2 aromatic heterocycles. The summed E-state index contributed by atoms with van der Waals surface area (Å²) in [6.07, 6.45) is 2.21. The van der Waals surface area contributed by atoms with Crippen LogP contribution in [0.3, 0.4) is 0 Å². The van der Waals surface area contributed by atoms with Crippen molar-refractivity contribution in [2.45, 2.75) is 53.6 Å². The zero-order chi connectivity index (χ0) is 13.6. The van der Waals surface area contributed by atoms with Gasteiger partial charge in [0.25, 0.3) is 0 Å². The van der Waals surface area contributed by atoms with E-state index in [0.29, 0.717) is 12.0 Å². The van der Waals surface area contributed by atoms with Gasteiger partial charge in [-0.15, -0.1) is 10.2 Å². The van der Waals surface area contributed by atoms with Crippen LogP contribution >= 0.6 is 0 Å². The predicted molar refractivity (Wildman–Crippen MR) is 72.9 cm³/mol. The lowest BCUT2D eigenvalue weighted by Gasteiger charge is -2.30. The molecule has 1 aliphatic rings. The topological polar surface area (TPSA) is 48.5 Å². The molecule has 5 nitrogen and oxygen atoms in total. The van der Waals surface area contributed by atoms with Crippen molar-refractivity contribution < 1.29 is 0 Å². The van der Waals surface area contributed by atoms with Crippen molar-refractivity contribution >= 4 is 0 Å². The van der Waals surface area contributed by atoms with Crippen LogP contribution in [0.5, 0.6) is 0 Å². The number of hydrogen-bond acceptors (Lipinski definition) is 3. The molecule has 102 valence electrons. The normalized spacial score (nSPS) is 17.5. The molecule has 19 heavy (non-hydrogen) atoms. The smallest absolute Gasteiger partial charge is 0.154 e. The number of nitrogens with zero attached hydrogens (tertiary/aromatic N) is 5. The lowest BCUT2D eigenvalue weighted by Crippen LogP contribution is -2.29. The Kier molecular flexibility index (Phi) is 2.73. The number of aromatic nitrogens is 5. The van der Waals surface area contributed by atoms with Gasteiger partial charge in [0.05, 0.1) is 5.69 Å². The summed E-state index contributed by atoms with van der Waals surface area (Å²) in [7, 11) is 0. The highest BCUT2D eigenvalue weighted by Gasteiger charge is 2.28. The summed E-state index contributed by atoms with van der Waals surface area (Å²) in [5.74, 6) is 2.14. The second-order valence-electron chi connectivity index (χ2n) is 6.37. The molecule has 0 aliphatic carbocycles. The van der Waals surface area contributed by atoms with E-state index in [1.54, 1.807) is 0 Å². The molecule has 0 saturated heterocycles. The van der Waals surface area contributed by atoms with Gasteiger partial charge in [-0.1, -0.05) is 13.8 Å². The van der Waals surface area contributed by atoms with E-state index >= 15 is 0 Å².